The van der Waals surface area contributed by atoms with E-state index in [4.69, 9.17) is 0 Å². The van der Waals surface area contributed by atoms with Gasteiger partial charge in [-0.2, -0.15) is 18.2 Å². The number of halogens is 1. The van der Waals surface area contributed by atoms with Crippen molar-refractivity contribution in [1.82, 2.24) is 19.4 Å². The minimum absolute atomic E-state index is 0.0924. The van der Waals surface area contributed by atoms with Gasteiger partial charge in [-0.15, -0.1) is 0 Å². The lowest BCUT2D eigenvalue weighted by Gasteiger charge is -2.18. The summed E-state index contributed by atoms with van der Waals surface area (Å²) in [5, 5.41) is 13.8. The molecule has 2 heterocycles. The number of amides is 2. The zero-order valence-corrected chi connectivity index (χ0v) is 14.5. The number of phenols is 1. The molecule has 3 rings (SSSR count). The first-order valence-corrected chi connectivity index (χ1v) is 8.67. The van der Waals surface area contributed by atoms with Crippen LogP contribution in [-0.2, 0) is 15.0 Å². The number of hydrogen-bond donors (Lipinski definition) is 2. The molecular weight excluding hydrogens is 369 g/mol. The van der Waals surface area contributed by atoms with Crippen LogP contribution in [0.2, 0.25) is 0 Å². The van der Waals surface area contributed by atoms with Crippen LogP contribution in [0.3, 0.4) is 0 Å². The quantitative estimate of drug-likeness (QED) is 0.758. The normalized spacial score (nSPS) is 15.8. The van der Waals surface area contributed by atoms with Crippen molar-refractivity contribution in [3.8, 4) is 16.9 Å². The summed E-state index contributed by atoms with van der Waals surface area (Å²) >= 11 is 0. The van der Waals surface area contributed by atoms with Crippen LogP contribution in [0.5, 0.6) is 5.75 Å². The molecule has 10 nitrogen and oxygen atoms in total. The Morgan fingerprint density at radius 3 is 2.65 bits per heavy atom. The Morgan fingerprint density at radius 1 is 1.38 bits per heavy atom. The van der Waals surface area contributed by atoms with Crippen molar-refractivity contribution in [2.45, 2.75) is 0 Å². The Morgan fingerprint density at radius 2 is 2.08 bits per heavy atom. The van der Waals surface area contributed by atoms with Gasteiger partial charge < -0.3 is 10.0 Å². The molecule has 0 aliphatic carbocycles. The van der Waals surface area contributed by atoms with Crippen LogP contribution in [0.25, 0.3) is 11.1 Å². The molecule has 1 fully saturated rings. The topological polar surface area (TPSA) is 125 Å². The molecule has 0 radical (unpaired) electrons. The van der Waals surface area contributed by atoms with Crippen molar-refractivity contribution in [3.05, 3.63) is 30.3 Å². The second-order valence-electron chi connectivity index (χ2n) is 5.68. The van der Waals surface area contributed by atoms with Crippen LogP contribution in [0.1, 0.15) is 0 Å². The van der Waals surface area contributed by atoms with Crippen molar-refractivity contribution in [2.75, 3.05) is 24.9 Å². The Labute approximate surface area is 147 Å². The number of benzene rings is 1. The fourth-order valence-corrected chi connectivity index (χ4v) is 3.60. The van der Waals surface area contributed by atoms with Gasteiger partial charge in [-0.3, -0.25) is 4.79 Å². The van der Waals surface area contributed by atoms with Gasteiger partial charge in [0, 0.05) is 31.4 Å². The lowest BCUT2D eigenvalue weighted by atomic mass is 10.1. The first-order valence-electron chi connectivity index (χ1n) is 7.23. The molecule has 1 saturated heterocycles. The molecule has 2 amide bonds. The van der Waals surface area contributed by atoms with Gasteiger partial charge in [-0.05, 0) is 12.1 Å². The maximum absolute atomic E-state index is 15.0. The molecule has 1 aromatic carbocycles. The molecule has 1 aromatic heterocycles. The molecule has 0 bridgehead atoms. The molecule has 0 atom stereocenters. The maximum Gasteiger partial charge on any atom is 0.344 e. The number of nitrogens with one attached hydrogen (secondary N) is 1. The van der Waals surface area contributed by atoms with E-state index in [-0.39, 0.29) is 11.1 Å². The van der Waals surface area contributed by atoms with E-state index in [9.17, 15) is 27.5 Å². The van der Waals surface area contributed by atoms with E-state index in [2.05, 4.69) is 5.10 Å². The highest BCUT2D eigenvalue weighted by molar-refractivity contribution is 7.92. The lowest BCUT2D eigenvalue weighted by Crippen LogP contribution is -2.30. The van der Waals surface area contributed by atoms with Crippen LogP contribution in [-0.4, -0.2) is 60.8 Å². The Kier molecular flexibility index (Phi) is 4.06. The van der Waals surface area contributed by atoms with E-state index < -0.39 is 45.9 Å². The molecule has 0 unspecified atom stereocenters. The van der Waals surface area contributed by atoms with Crippen LogP contribution < -0.4 is 9.03 Å². The third-order valence-electron chi connectivity index (χ3n) is 3.64. The summed E-state index contributed by atoms with van der Waals surface area (Å²) in [6.45, 7) is -0.658. The summed E-state index contributed by atoms with van der Waals surface area (Å²) in [4.78, 5) is 24.5. The zero-order valence-electron chi connectivity index (χ0n) is 13.7. The summed E-state index contributed by atoms with van der Waals surface area (Å²) in [6, 6.07) is 1.85. The van der Waals surface area contributed by atoms with Gasteiger partial charge in [-0.1, -0.05) is 0 Å². The van der Waals surface area contributed by atoms with E-state index in [1.54, 1.807) is 4.72 Å². The number of hydrogen-bond acceptors (Lipinski definition) is 6. The fourth-order valence-electron chi connectivity index (χ4n) is 2.43. The van der Waals surface area contributed by atoms with Crippen molar-refractivity contribution in [2.24, 2.45) is 0 Å². The van der Waals surface area contributed by atoms with Gasteiger partial charge in [0.1, 0.15) is 18.0 Å². The number of phenolic OH excluding ortho intramolecular Hbond substituents is 1. The van der Waals surface area contributed by atoms with Gasteiger partial charge in [0.05, 0.1) is 6.20 Å². The number of rotatable bonds is 2. The van der Waals surface area contributed by atoms with Crippen molar-refractivity contribution in [1.29, 1.82) is 0 Å². The number of carbonyl (C=O) groups is 2. The van der Waals surface area contributed by atoms with Crippen LogP contribution in [0.4, 0.5) is 14.9 Å². The number of aromatic nitrogens is 2. The Hall–Kier alpha value is -3.15. The standard InChI is InChI=1S/C14H14FN5O5S/c1-18(2)14(23)19-6-8(5-16-19)9-3-4-10(21)13(12(9)15)20-7-11(22)17-26(20,24)25/h3-6,21H,7H2,1-2H3,(H,17,22). The highest BCUT2D eigenvalue weighted by atomic mass is 32.2. The molecule has 2 aromatic rings. The van der Waals surface area contributed by atoms with E-state index >= 15 is 0 Å². The van der Waals surface area contributed by atoms with Crippen molar-refractivity contribution >= 4 is 27.8 Å². The highest BCUT2D eigenvalue weighted by Gasteiger charge is 2.38. The van der Waals surface area contributed by atoms with E-state index in [0.717, 1.165) is 10.7 Å². The Balaban J connectivity index is 2.09. The predicted octanol–water partition coefficient (Wildman–Crippen LogP) is 0.106. The predicted molar refractivity (Wildman–Crippen MR) is 88.2 cm³/mol. The summed E-state index contributed by atoms with van der Waals surface area (Å²) in [6.07, 6.45) is 2.49. The van der Waals surface area contributed by atoms with Gasteiger partial charge in [0.25, 0.3) is 5.91 Å². The van der Waals surface area contributed by atoms with Crippen molar-refractivity contribution < 1.29 is 27.5 Å². The summed E-state index contributed by atoms with van der Waals surface area (Å²) < 4.78 is 42.0. The third kappa shape index (κ3) is 2.83. The minimum atomic E-state index is -4.30. The molecule has 1 aliphatic heterocycles. The SMILES string of the molecule is CN(C)C(=O)n1cc(-c2ccc(O)c(N3CC(=O)NS3(=O)=O)c2F)cn1. The molecule has 0 spiro atoms. The first-order chi connectivity index (χ1) is 12.1. The number of carbonyl (C=O) groups excluding carboxylic acids is 2. The molecule has 26 heavy (non-hydrogen) atoms. The van der Waals surface area contributed by atoms with Crippen molar-refractivity contribution in [3.63, 3.8) is 0 Å². The summed E-state index contributed by atoms with van der Waals surface area (Å²) in [5.74, 6) is -2.57. The maximum atomic E-state index is 15.0. The first kappa shape index (κ1) is 17.7. The number of nitrogens with zero attached hydrogens (tertiary/aromatic N) is 4. The minimum Gasteiger partial charge on any atom is -0.506 e. The molecule has 2 N–H and O–H groups in total. The second-order valence-corrected chi connectivity index (χ2v) is 7.28. The largest absolute Gasteiger partial charge is 0.506 e. The van der Waals surface area contributed by atoms with Crippen LogP contribution in [0, 0.1) is 5.82 Å². The summed E-state index contributed by atoms with van der Waals surface area (Å²) in [7, 11) is -1.26. The molecule has 1 aliphatic rings. The highest BCUT2D eigenvalue weighted by Crippen LogP contribution is 2.38. The van der Waals surface area contributed by atoms with Crippen LogP contribution in [0.15, 0.2) is 24.5 Å². The smallest absolute Gasteiger partial charge is 0.344 e. The zero-order chi connectivity index (χ0) is 19.2. The second kappa shape index (κ2) is 5.98. The average Bonchev–Trinajstić information content (AvgIpc) is 3.11. The lowest BCUT2D eigenvalue weighted by molar-refractivity contribution is -0.117. The van der Waals surface area contributed by atoms with E-state index in [0.29, 0.717) is 4.31 Å². The Bertz CT molecular complexity index is 1020. The van der Waals surface area contributed by atoms with Gasteiger partial charge in [0.2, 0.25) is 0 Å². The molecule has 12 heteroatoms. The van der Waals surface area contributed by atoms with Gasteiger partial charge in [-0.25, -0.2) is 18.2 Å². The molecular formula is C14H14FN5O5S. The van der Waals surface area contributed by atoms with Gasteiger partial charge >= 0.3 is 16.2 Å². The number of aromatic hydroxyl groups is 1. The fraction of sp³-hybridized carbons (Fsp3) is 0.214. The molecule has 0 saturated carbocycles. The summed E-state index contributed by atoms with van der Waals surface area (Å²) in [5.41, 5.74) is -0.562. The van der Waals surface area contributed by atoms with Gasteiger partial charge in [0.15, 0.2) is 5.82 Å². The number of anilines is 1. The average molecular weight is 383 g/mol. The third-order valence-corrected chi connectivity index (χ3v) is 5.01. The van der Waals surface area contributed by atoms with E-state index in [1.807, 2.05) is 0 Å². The monoisotopic (exact) mass is 383 g/mol. The molecule has 138 valence electrons. The van der Waals surface area contributed by atoms with E-state index in [1.165, 1.54) is 37.5 Å². The van der Waals surface area contributed by atoms with Crippen LogP contribution >= 0.6 is 0 Å².